The van der Waals surface area contributed by atoms with Crippen molar-refractivity contribution >= 4 is 11.9 Å². The van der Waals surface area contributed by atoms with Gasteiger partial charge < -0.3 is 15.0 Å². The van der Waals surface area contributed by atoms with Gasteiger partial charge in [0.05, 0.1) is 17.9 Å². The molecule has 1 aromatic heterocycles. The van der Waals surface area contributed by atoms with E-state index >= 15 is 0 Å². The number of carbonyl (C=O) groups is 2. The molecular formula is C15H20N2O3. The van der Waals surface area contributed by atoms with Crippen LogP contribution < -0.4 is 0 Å². The SMILES string of the molecule is O=C(O)[C@H]1CCC[C@H]1C(=O)N1CCCC1c1ccc[nH]1. The average Bonchev–Trinajstić information content (AvgIpc) is 3.17. The fraction of sp³-hybridized carbons (Fsp3) is 0.600. The number of nitrogens with zero attached hydrogens (tertiary/aromatic N) is 1. The van der Waals surface area contributed by atoms with E-state index in [1.165, 1.54) is 0 Å². The van der Waals surface area contributed by atoms with E-state index < -0.39 is 11.9 Å². The van der Waals surface area contributed by atoms with Crippen LogP contribution in [0.5, 0.6) is 0 Å². The molecular weight excluding hydrogens is 256 g/mol. The summed E-state index contributed by atoms with van der Waals surface area (Å²) in [6, 6.07) is 4.03. The first-order chi connectivity index (χ1) is 9.68. The molecule has 1 saturated heterocycles. The number of rotatable bonds is 3. The van der Waals surface area contributed by atoms with Gasteiger partial charge >= 0.3 is 5.97 Å². The van der Waals surface area contributed by atoms with Gasteiger partial charge in [-0.05, 0) is 37.8 Å². The summed E-state index contributed by atoms with van der Waals surface area (Å²) < 4.78 is 0. The molecule has 3 atom stereocenters. The van der Waals surface area contributed by atoms with E-state index in [-0.39, 0.29) is 17.9 Å². The molecule has 1 aliphatic heterocycles. The Morgan fingerprint density at radius 3 is 2.70 bits per heavy atom. The number of amides is 1. The number of carboxylic acid groups (broad SMARTS) is 1. The molecule has 0 aromatic carbocycles. The standard InChI is InChI=1S/C15H20N2O3/c18-14(10-4-1-5-11(10)15(19)20)17-9-3-7-13(17)12-6-2-8-16-12/h2,6,8,10-11,13,16H,1,3-5,7,9H2,(H,19,20)/t10-,11+,13?/m1/s1. The number of likely N-dealkylation sites (tertiary alicyclic amines) is 1. The molecule has 0 spiro atoms. The van der Waals surface area contributed by atoms with Crippen molar-refractivity contribution in [2.45, 2.75) is 38.1 Å². The highest BCUT2D eigenvalue weighted by molar-refractivity contribution is 5.85. The van der Waals surface area contributed by atoms with Crippen molar-refractivity contribution in [1.29, 1.82) is 0 Å². The van der Waals surface area contributed by atoms with Gasteiger partial charge in [0.2, 0.25) is 5.91 Å². The lowest BCUT2D eigenvalue weighted by Gasteiger charge is -2.28. The molecule has 0 bridgehead atoms. The fourth-order valence-electron chi connectivity index (χ4n) is 3.67. The topological polar surface area (TPSA) is 73.4 Å². The molecule has 3 rings (SSSR count). The van der Waals surface area contributed by atoms with Crippen molar-refractivity contribution in [1.82, 2.24) is 9.88 Å². The normalized spacial score (nSPS) is 29.8. The number of hydrogen-bond donors (Lipinski definition) is 2. The molecule has 1 amide bonds. The summed E-state index contributed by atoms with van der Waals surface area (Å²) in [5.74, 6) is -1.61. The quantitative estimate of drug-likeness (QED) is 0.888. The van der Waals surface area contributed by atoms with Crippen molar-refractivity contribution < 1.29 is 14.7 Å². The number of nitrogens with one attached hydrogen (secondary N) is 1. The lowest BCUT2D eigenvalue weighted by atomic mass is 9.94. The summed E-state index contributed by atoms with van der Waals surface area (Å²) in [4.78, 5) is 29.0. The molecule has 1 aromatic rings. The Balaban J connectivity index is 1.77. The van der Waals surface area contributed by atoms with E-state index in [0.29, 0.717) is 12.8 Å². The van der Waals surface area contributed by atoms with E-state index in [9.17, 15) is 14.7 Å². The van der Waals surface area contributed by atoms with Gasteiger partial charge in [-0.2, -0.15) is 0 Å². The molecule has 20 heavy (non-hydrogen) atoms. The minimum absolute atomic E-state index is 0.0343. The van der Waals surface area contributed by atoms with Crippen LogP contribution in [0.3, 0.4) is 0 Å². The maximum Gasteiger partial charge on any atom is 0.307 e. The van der Waals surface area contributed by atoms with Crippen LogP contribution >= 0.6 is 0 Å². The summed E-state index contributed by atoms with van der Waals surface area (Å²) in [6.07, 6.45) is 5.99. The number of carbonyl (C=O) groups excluding carboxylic acids is 1. The number of aliphatic carboxylic acids is 1. The predicted molar refractivity (Wildman–Crippen MR) is 72.9 cm³/mol. The Bertz CT molecular complexity index is 497. The highest BCUT2D eigenvalue weighted by Gasteiger charge is 2.42. The van der Waals surface area contributed by atoms with Gasteiger partial charge in [-0.15, -0.1) is 0 Å². The summed E-state index contributed by atoms with van der Waals surface area (Å²) in [6.45, 7) is 0.741. The van der Waals surface area contributed by atoms with Crippen molar-refractivity contribution in [2.24, 2.45) is 11.8 Å². The predicted octanol–water partition coefficient (Wildman–Crippen LogP) is 2.18. The molecule has 2 N–H and O–H groups in total. The van der Waals surface area contributed by atoms with Crippen LogP contribution in [0.25, 0.3) is 0 Å². The molecule has 5 heteroatoms. The van der Waals surface area contributed by atoms with E-state index in [0.717, 1.165) is 31.5 Å². The lowest BCUT2D eigenvalue weighted by Crippen LogP contribution is -2.38. The van der Waals surface area contributed by atoms with E-state index in [1.54, 1.807) is 0 Å². The molecule has 2 heterocycles. The van der Waals surface area contributed by atoms with Crippen molar-refractivity contribution in [3.05, 3.63) is 24.0 Å². The second kappa shape index (κ2) is 5.31. The molecule has 2 fully saturated rings. The molecule has 1 saturated carbocycles. The Morgan fingerprint density at radius 1 is 1.20 bits per heavy atom. The van der Waals surface area contributed by atoms with Gasteiger partial charge in [0.25, 0.3) is 0 Å². The largest absolute Gasteiger partial charge is 0.481 e. The monoisotopic (exact) mass is 276 g/mol. The summed E-state index contributed by atoms with van der Waals surface area (Å²) in [5.41, 5.74) is 1.06. The first-order valence-electron chi connectivity index (χ1n) is 7.35. The number of aromatic nitrogens is 1. The molecule has 108 valence electrons. The minimum Gasteiger partial charge on any atom is -0.481 e. The molecule has 0 radical (unpaired) electrons. The second-order valence-electron chi connectivity index (χ2n) is 5.80. The van der Waals surface area contributed by atoms with E-state index in [1.807, 2.05) is 23.2 Å². The molecule has 2 aliphatic rings. The third-order valence-electron chi connectivity index (χ3n) is 4.67. The highest BCUT2D eigenvalue weighted by Crippen LogP contribution is 2.38. The summed E-state index contributed by atoms with van der Waals surface area (Å²) >= 11 is 0. The number of aromatic amines is 1. The lowest BCUT2D eigenvalue weighted by molar-refractivity contribution is -0.149. The maximum atomic E-state index is 12.7. The number of hydrogen-bond acceptors (Lipinski definition) is 2. The van der Waals surface area contributed by atoms with Gasteiger partial charge in [-0.25, -0.2) is 0 Å². The van der Waals surface area contributed by atoms with Crippen LogP contribution in [-0.4, -0.2) is 33.4 Å². The average molecular weight is 276 g/mol. The van der Waals surface area contributed by atoms with Crippen molar-refractivity contribution in [3.8, 4) is 0 Å². The first kappa shape index (κ1) is 13.2. The van der Waals surface area contributed by atoms with Crippen molar-refractivity contribution in [2.75, 3.05) is 6.54 Å². The van der Waals surface area contributed by atoms with Crippen LogP contribution in [0.1, 0.15) is 43.8 Å². The van der Waals surface area contributed by atoms with E-state index in [4.69, 9.17) is 0 Å². The first-order valence-corrected chi connectivity index (χ1v) is 7.35. The fourth-order valence-corrected chi connectivity index (χ4v) is 3.67. The molecule has 5 nitrogen and oxygen atoms in total. The smallest absolute Gasteiger partial charge is 0.307 e. The zero-order chi connectivity index (χ0) is 14.1. The Morgan fingerprint density at radius 2 is 2.00 bits per heavy atom. The van der Waals surface area contributed by atoms with Crippen LogP contribution in [0.4, 0.5) is 0 Å². The zero-order valence-electron chi connectivity index (χ0n) is 11.4. The van der Waals surface area contributed by atoms with Crippen LogP contribution in [-0.2, 0) is 9.59 Å². The van der Waals surface area contributed by atoms with Crippen LogP contribution in [0.2, 0.25) is 0 Å². The number of carboxylic acids is 1. The highest BCUT2D eigenvalue weighted by atomic mass is 16.4. The van der Waals surface area contributed by atoms with Gasteiger partial charge in [-0.3, -0.25) is 9.59 Å². The molecule has 1 unspecified atom stereocenters. The maximum absolute atomic E-state index is 12.7. The van der Waals surface area contributed by atoms with E-state index in [2.05, 4.69) is 4.98 Å². The van der Waals surface area contributed by atoms with Gasteiger partial charge in [0.1, 0.15) is 0 Å². The second-order valence-corrected chi connectivity index (χ2v) is 5.80. The van der Waals surface area contributed by atoms with Gasteiger partial charge in [0.15, 0.2) is 0 Å². The number of H-pyrrole nitrogens is 1. The Kier molecular flexibility index (Phi) is 3.51. The van der Waals surface area contributed by atoms with Gasteiger partial charge in [0, 0.05) is 18.4 Å². The van der Waals surface area contributed by atoms with Crippen molar-refractivity contribution in [3.63, 3.8) is 0 Å². The summed E-state index contributed by atoms with van der Waals surface area (Å²) in [7, 11) is 0. The van der Waals surface area contributed by atoms with Crippen LogP contribution in [0, 0.1) is 11.8 Å². The van der Waals surface area contributed by atoms with Crippen LogP contribution in [0.15, 0.2) is 18.3 Å². The third-order valence-corrected chi connectivity index (χ3v) is 4.67. The minimum atomic E-state index is -0.823. The van der Waals surface area contributed by atoms with Gasteiger partial charge in [-0.1, -0.05) is 6.42 Å². The Hall–Kier alpha value is -1.78. The zero-order valence-corrected chi connectivity index (χ0v) is 11.4. The summed E-state index contributed by atoms with van der Waals surface area (Å²) in [5, 5.41) is 9.25. The molecule has 1 aliphatic carbocycles. The Labute approximate surface area is 118 Å². The third kappa shape index (κ3) is 2.21.